The molecule has 0 radical (unpaired) electrons. The molecule has 6 heteroatoms. The Morgan fingerprint density at radius 1 is 0.970 bits per heavy atom. The predicted molar refractivity (Wildman–Crippen MR) is 137 cm³/mol. The lowest BCUT2D eigenvalue weighted by atomic mass is 10.1. The molecule has 5 nitrogen and oxygen atoms in total. The number of benzene rings is 2. The van der Waals surface area contributed by atoms with Crippen LogP contribution in [0.25, 0.3) is 28.0 Å². The van der Waals surface area contributed by atoms with Crippen LogP contribution in [0.5, 0.6) is 0 Å². The van der Waals surface area contributed by atoms with Gasteiger partial charge in [-0.15, -0.1) is 0 Å². The van der Waals surface area contributed by atoms with Crippen molar-refractivity contribution in [3.05, 3.63) is 83.5 Å². The van der Waals surface area contributed by atoms with E-state index in [4.69, 9.17) is 21.7 Å². The van der Waals surface area contributed by atoms with E-state index in [1.165, 1.54) is 5.57 Å². The molecule has 0 bridgehead atoms. The summed E-state index contributed by atoms with van der Waals surface area (Å²) in [5.74, 6) is 1.08. The third-order valence-corrected chi connectivity index (χ3v) is 6.39. The highest BCUT2D eigenvalue weighted by Crippen LogP contribution is 2.33. The summed E-state index contributed by atoms with van der Waals surface area (Å²) < 4.78 is 2.01. The van der Waals surface area contributed by atoms with Crippen LogP contribution in [0.4, 0.5) is 5.82 Å². The van der Waals surface area contributed by atoms with Crippen molar-refractivity contribution in [2.75, 3.05) is 37.6 Å². The number of halogens is 1. The van der Waals surface area contributed by atoms with Crippen LogP contribution in [0.3, 0.4) is 0 Å². The highest BCUT2D eigenvalue weighted by molar-refractivity contribution is 6.30. The van der Waals surface area contributed by atoms with Gasteiger partial charge >= 0.3 is 0 Å². The maximum Gasteiger partial charge on any atom is 0.166 e. The monoisotopic (exact) mass is 457 g/mol. The Balaban J connectivity index is 1.63. The highest BCUT2D eigenvalue weighted by Gasteiger charge is 2.23. The molecule has 0 N–H and O–H groups in total. The molecule has 1 saturated heterocycles. The third-order valence-electron chi connectivity index (χ3n) is 6.14. The minimum atomic E-state index is 0.721. The summed E-state index contributed by atoms with van der Waals surface area (Å²) >= 11 is 6.15. The summed E-state index contributed by atoms with van der Waals surface area (Å²) in [6, 6.07) is 20.5. The van der Waals surface area contributed by atoms with Crippen molar-refractivity contribution in [3.63, 3.8) is 0 Å². The van der Waals surface area contributed by atoms with Gasteiger partial charge in [-0.25, -0.2) is 4.98 Å². The smallest absolute Gasteiger partial charge is 0.166 e. The van der Waals surface area contributed by atoms with Crippen molar-refractivity contribution in [2.24, 2.45) is 0 Å². The number of fused-ring (bicyclic) bond motifs is 1. The van der Waals surface area contributed by atoms with Crippen LogP contribution in [-0.2, 0) is 0 Å². The van der Waals surface area contributed by atoms with Gasteiger partial charge in [0.25, 0.3) is 0 Å². The number of piperazine rings is 1. The first-order valence-electron chi connectivity index (χ1n) is 11.3. The van der Waals surface area contributed by atoms with Crippen molar-refractivity contribution in [2.45, 2.75) is 13.8 Å². The average Bonchev–Trinajstić information content (AvgIpc) is 3.15. The van der Waals surface area contributed by atoms with E-state index in [1.54, 1.807) is 0 Å². The summed E-state index contributed by atoms with van der Waals surface area (Å²) in [4.78, 5) is 9.98. The molecule has 1 fully saturated rings. The van der Waals surface area contributed by atoms with Gasteiger partial charge in [-0.3, -0.25) is 4.90 Å². The first-order chi connectivity index (χ1) is 16.0. The number of rotatable bonds is 5. The number of nitrogens with zero attached hydrogens (tertiary/aromatic N) is 5. The fourth-order valence-electron chi connectivity index (χ4n) is 4.56. The van der Waals surface area contributed by atoms with E-state index in [0.717, 1.165) is 77.3 Å². The van der Waals surface area contributed by atoms with Crippen molar-refractivity contribution in [1.29, 1.82) is 0 Å². The lowest BCUT2D eigenvalue weighted by Crippen LogP contribution is -2.47. The molecule has 2 aromatic heterocycles. The van der Waals surface area contributed by atoms with Crippen molar-refractivity contribution >= 4 is 23.1 Å². The van der Waals surface area contributed by atoms with Gasteiger partial charge in [0.15, 0.2) is 5.65 Å². The van der Waals surface area contributed by atoms with Gasteiger partial charge in [0.1, 0.15) is 5.82 Å². The van der Waals surface area contributed by atoms with Crippen molar-refractivity contribution < 1.29 is 0 Å². The minimum Gasteiger partial charge on any atom is -0.354 e. The number of aromatic nitrogens is 3. The van der Waals surface area contributed by atoms with Crippen LogP contribution >= 0.6 is 11.6 Å². The van der Waals surface area contributed by atoms with Crippen LogP contribution < -0.4 is 4.90 Å². The molecule has 0 aliphatic carbocycles. The molecule has 5 rings (SSSR count). The molecule has 3 heterocycles. The van der Waals surface area contributed by atoms with Gasteiger partial charge in [-0.05, 0) is 31.5 Å². The zero-order valence-corrected chi connectivity index (χ0v) is 19.9. The number of hydrogen-bond acceptors (Lipinski definition) is 4. The number of aryl methyl sites for hydroxylation is 1. The van der Waals surface area contributed by atoms with E-state index < -0.39 is 0 Å². The lowest BCUT2D eigenvalue weighted by molar-refractivity contribution is 0.277. The zero-order chi connectivity index (χ0) is 22.9. The molecule has 4 aromatic rings. The second-order valence-electron chi connectivity index (χ2n) is 8.79. The lowest BCUT2D eigenvalue weighted by Gasteiger charge is -2.36. The highest BCUT2D eigenvalue weighted by atomic mass is 35.5. The molecule has 0 atom stereocenters. The van der Waals surface area contributed by atoms with Crippen LogP contribution in [0.2, 0.25) is 5.02 Å². The summed E-state index contributed by atoms with van der Waals surface area (Å²) in [6.45, 7) is 13.1. The Kier molecular flexibility index (Phi) is 5.92. The maximum absolute atomic E-state index is 6.15. The average molecular weight is 458 g/mol. The summed E-state index contributed by atoms with van der Waals surface area (Å²) in [5.41, 5.74) is 7.21. The molecule has 0 unspecified atom stereocenters. The molecule has 0 saturated carbocycles. The molecular weight excluding hydrogens is 430 g/mol. The fourth-order valence-corrected chi connectivity index (χ4v) is 4.69. The van der Waals surface area contributed by atoms with Crippen LogP contribution in [0, 0.1) is 6.92 Å². The van der Waals surface area contributed by atoms with Crippen molar-refractivity contribution in [3.8, 4) is 22.4 Å². The summed E-state index contributed by atoms with van der Waals surface area (Å²) in [7, 11) is 0. The minimum absolute atomic E-state index is 0.721. The second-order valence-corrected chi connectivity index (χ2v) is 9.23. The van der Waals surface area contributed by atoms with E-state index in [2.05, 4.69) is 60.6 Å². The molecule has 0 amide bonds. The first-order valence-corrected chi connectivity index (χ1v) is 11.7. The topological polar surface area (TPSA) is 36.7 Å². The first kappa shape index (κ1) is 21.7. The van der Waals surface area contributed by atoms with Gasteiger partial charge in [0, 0.05) is 54.9 Å². The number of hydrogen-bond donors (Lipinski definition) is 0. The Labute approximate surface area is 199 Å². The molecule has 0 spiro atoms. The Hall–Kier alpha value is -3.15. The summed E-state index contributed by atoms with van der Waals surface area (Å²) in [6.07, 6.45) is 0. The maximum atomic E-state index is 6.15. The molecular formula is C27H28ClN5. The van der Waals surface area contributed by atoms with Gasteiger partial charge < -0.3 is 4.90 Å². The van der Waals surface area contributed by atoms with Crippen molar-refractivity contribution in [1.82, 2.24) is 19.5 Å². The Morgan fingerprint density at radius 2 is 1.67 bits per heavy atom. The van der Waals surface area contributed by atoms with E-state index in [0.29, 0.717) is 0 Å². The summed E-state index contributed by atoms with van der Waals surface area (Å²) in [5, 5.41) is 5.66. The third kappa shape index (κ3) is 4.39. The van der Waals surface area contributed by atoms with E-state index in [9.17, 15) is 0 Å². The predicted octanol–water partition coefficient (Wildman–Crippen LogP) is 5.72. The van der Waals surface area contributed by atoms with Crippen LogP contribution in [0.1, 0.15) is 12.6 Å². The van der Waals surface area contributed by atoms with E-state index in [1.807, 2.05) is 34.8 Å². The Morgan fingerprint density at radius 3 is 2.33 bits per heavy atom. The molecule has 1 aliphatic heterocycles. The number of anilines is 1. The molecule has 33 heavy (non-hydrogen) atoms. The molecule has 168 valence electrons. The molecule has 1 aliphatic rings. The van der Waals surface area contributed by atoms with Gasteiger partial charge in [0.2, 0.25) is 0 Å². The van der Waals surface area contributed by atoms with E-state index >= 15 is 0 Å². The van der Waals surface area contributed by atoms with Gasteiger partial charge in [-0.2, -0.15) is 9.61 Å². The van der Waals surface area contributed by atoms with Crippen LogP contribution in [0.15, 0.2) is 72.8 Å². The zero-order valence-electron chi connectivity index (χ0n) is 19.1. The van der Waals surface area contributed by atoms with E-state index in [-0.39, 0.29) is 0 Å². The largest absolute Gasteiger partial charge is 0.354 e. The standard InChI is InChI=1S/C27H28ClN5/c1-19(2)18-31-13-15-32(16-14-31)25-17-24(21-7-5-4-6-8-21)29-27-26(20(3)30-33(25)27)22-9-11-23(28)12-10-22/h4-12,17H,1,13-16,18H2,2-3H3. The Bertz CT molecular complexity index is 1290. The van der Waals surface area contributed by atoms with Crippen LogP contribution in [-0.4, -0.2) is 52.2 Å². The molecule has 2 aromatic carbocycles. The normalized spacial score (nSPS) is 14.7. The quantitative estimate of drug-likeness (QED) is 0.359. The fraction of sp³-hybridized carbons (Fsp3) is 0.259. The second kappa shape index (κ2) is 9.00. The SMILES string of the molecule is C=C(C)CN1CCN(c2cc(-c3ccccc3)nc3c(-c4ccc(Cl)cc4)c(C)nn23)CC1. The van der Waals surface area contributed by atoms with Gasteiger partial charge in [-0.1, -0.05) is 66.2 Å². The van der Waals surface area contributed by atoms with Gasteiger partial charge in [0.05, 0.1) is 11.4 Å².